The molecule has 4 rings (SSSR count). The van der Waals surface area contributed by atoms with Crippen molar-refractivity contribution < 1.29 is 19.1 Å². The van der Waals surface area contributed by atoms with E-state index in [4.69, 9.17) is 9.47 Å². The van der Waals surface area contributed by atoms with Crippen molar-refractivity contribution in [1.29, 1.82) is 0 Å². The quantitative estimate of drug-likeness (QED) is 0.261. The van der Waals surface area contributed by atoms with Crippen LogP contribution in [0.3, 0.4) is 0 Å². The molecule has 1 aliphatic rings. The molecule has 0 saturated heterocycles. The summed E-state index contributed by atoms with van der Waals surface area (Å²) < 4.78 is 12.7. The molecule has 0 saturated carbocycles. The predicted molar refractivity (Wildman–Crippen MR) is 138 cm³/mol. The van der Waals surface area contributed by atoms with Gasteiger partial charge in [-0.1, -0.05) is 24.2 Å². The number of hydrogen-bond donors (Lipinski definition) is 1. The number of rotatable bonds is 8. The fraction of sp³-hybridized carbons (Fsp3) is 0.440. The van der Waals surface area contributed by atoms with Gasteiger partial charge in [-0.2, -0.15) is 0 Å². The van der Waals surface area contributed by atoms with Crippen LogP contribution in [0.15, 0.2) is 23.4 Å². The highest BCUT2D eigenvalue weighted by Crippen LogP contribution is 2.38. The summed E-state index contributed by atoms with van der Waals surface area (Å²) in [5, 5.41) is 12.5. The molecular formula is C25H30N4O4S2. The molecular weight excluding hydrogens is 484 g/mol. The van der Waals surface area contributed by atoms with Gasteiger partial charge < -0.3 is 19.4 Å². The number of benzene rings is 1. The number of thiophene rings is 1. The Morgan fingerprint density at radius 3 is 2.71 bits per heavy atom. The average Bonchev–Trinajstić information content (AvgIpc) is 3.27. The Balaban J connectivity index is 1.37. The van der Waals surface area contributed by atoms with Crippen LogP contribution in [-0.4, -0.2) is 39.5 Å². The van der Waals surface area contributed by atoms with E-state index in [1.807, 2.05) is 36.7 Å². The Morgan fingerprint density at radius 2 is 1.94 bits per heavy atom. The standard InChI is InChI=1S/C25H30N4O4S2/c1-15-10-11-17(12-16(15)2)33-13-20-27-28-25(29(20)3)34-14-21(30)26-23-22(24(31)32-4)18-8-6-5-7-9-19(18)35-23/h10-12H,5-9,13-14H2,1-4H3,(H,26,30). The number of esters is 1. The fourth-order valence-corrected chi connectivity index (χ4v) is 6.01. The second-order valence-electron chi connectivity index (χ2n) is 8.59. The summed E-state index contributed by atoms with van der Waals surface area (Å²) in [6, 6.07) is 5.96. The van der Waals surface area contributed by atoms with Crippen LogP contribution < -0.4 is 10.1 Å². The van der Waals surface area contributed by atoms with E-state index in [1.165, 1.54) is 46.2 Å². The minimum Gasteiger partial charge on any atom is -0.486 e. The van der Waals surface area contributed by atoms with E-state index in [2.05, 4.69) is 22.4 Å². The zero-order chi connectivity index (χ0) is 24.9. The van der Waals surface area contributed by atoms with Crippen molar-refractivity contribution in [2.45, 2.75) is 57.7 Å². The van der Waals surface area contributed by atoms with Crippen LogP contribution in [0.1, 0.15) is 57.0 Å². The number of nitrogens with one attached hydrogen (secondary N) is 1. The van der Waals surface area contributed by atoms with Crippen molar-refractivity contribution in [3.63, 3.8) is 0 Å². The minimum atomic E-state index is -0.394. The predicted octanol–water partition coefficient (Wildman–Crippen LogP) is 4.86. The highest BCUT2D eigenvalue weighted by Gasteiger charge is 2.26. The van der Waals surface area contributed by atoms with Crippen molar-refractivity contribution >= 4 is 40.0 Å². The molecule has 186 valence electrons. The Labute approximate surface area is 213 Å². The van der Waals surface area contributed by atoms with E-state index >= 15 is 0 Å². The van der Waals surface area contributed by atoms with E-state index in [1.54, 1.807) is 0 Å². The van der Waals surface area contributed by atoms with Crippen molar-refractivity contribution in [1.82, 2.24) is 14.8 Å². The van der Waals surface area contributed by atoms with E-state index in [0.29, 0.717) is 21.5 Å². The molecule has 2 heterocycles. The summed E-state index contributed by atoms with van der Waals surface area (Å²) in [7, 11) is 3.23. The summed E-state index contributed by atoms with van der Waals surface area (Å²) in [4.78, 5) is 26.4. The van der Waals surface area contributed by atoms with Crippen LogP contribution in [-0.2, 0) is 36.0 Å². The number of anilines is 1. The summed E-state index contributed by atoms with van der Waals surface area (Å²) >= 11 is 2.78. The lowest BCUT2D eigenvalue weighted by Gasteiger charge is -2.09. The number of carbonyl (C=O) groups is 2. The fourth-order valence-electron chi connectivity index (χ4n) is 3.99. The van der Waals surface area contributed by atoms with Crippen LogP contribution in [0.4, 0.5) is 5.00 Å². The van der Waals surface area contributed by atoms with Gasteiger partial charge in [0.05, 0.1) is 18.4 Å². The second-order valence-corrected chi connectivity index (χ2v) is 10.6. The largest absolute Gasteiger partial charge is 0.486 e. The normalized spacial score (nSPS) is 13.1. The molecule has 35 heavy (non-hydrogen) atoms. The van der Waals surface area contributed by atoms with Crippen molar-refractivity contribution in [3.8, 4) is 5.75 Å². The number of amides is 1. The summed E-state index contributed by atoms with van der Waals surface area (Å²) in [6.45, 7) is 4.39. The monoisotopic (exact) mass is 514 g/mol. The summed E-state index contributed by atoms with van der Waals surface area (Å²) in [5.74, 6) is 0.996. The van der Waals surface area contributed by atoms with Gasteiger partial charge >= 0.3 is 5.97 Å². The van der Waals surface area contributed by atoms with Crippen LogP contribution >= 0.6 is 23.1 Å². The first-order valence-electron chi connectivity index (χ1n) is 11.6. The molecule has 0 atom stereocenters. The Kier molecular flexibility index (Phi) is 8.12. The molecule has 0 aliphatic heterocycles. The molecule has 8 nitrogen and oxygen atoms in total. The second kappa shape index (κ2) is 11.3. The van der Waals surface area contributed by atoms with Gasteiger partial charge in [0.2, 0.25) is 5.91 Å². The molecule has 1 N–H and O–H groups in total. The SMILES string of the molecule is COC(=O)c1c(NC(=O)CSc2nnc(COc3ccc(C)c(C)c3)n2C)sc2c1CCCCC2. The summed E-state index contributed by atoms with van der Waals surface area (Å²) in [5.41, 5.74) is 3.92. The molecule has 0 bridgehead atoms. The van der Waals surface area contributed by atoms with Crippen molar-refractivity contribution in [2.75, 3.05) is 18.2 Å². The van der Waals surface area contributed by atoms with Gasteiger partial charge in [0.25, 0.3) is 0 Å². The van der Waals surface area contributed by atoms with E-state index in [-0.39, 0.29) is 18.3 Å². The van der Waals surface area contributed by atoms with Gasteiger partial charge in [0, 0.05) is 11.9 Å². The molecule has 10 heteroatoms. The lowest BCUT2D eigenvalue weighted by atomic mass is 10.1. The van der Waals surface area contributed by atoms with Gasteiger partial charge in [-0.3, -0.25) is 4.79 Å². The maximum atomic E-state index is 12.8. The van der Waals surface area contributed by atoms with Crippen LogP contribution in [0.2, 0.25) is 0 Å². The van der Waals surface area contributed by atoms with E-state index in [0.717, 1.165) is 43.4 Å². The number of methoxy groups -OCH3 is 1. The van der Waals surface area contributed by atoms with Gasteiger partial charge in [-0.25, -0.2) is 4.79 Å². The van der Waals surface area contributed by atoms with Crippen LogP contribution in [0.5, 0.6) is 5.75 Å². The number of hydrogen-bond acceptors (Lipinski definition) is 8. The molecule has 0 spiro atoms. The molecule has 0 unspecified atom stereocenters. The van der Waals surface area contributed by atoms with Gasteiger partial charge in [-0.15, -0.1) is 21.5 Å². The maximum absolute atomic E-state index is 12.8. The number of nitrogens with zero attached hydrogens (tertiary/aromatic N) is 3. The van der Waals surface area contributed by atoms with Gasteiger partial charge in [0.1, 0.15) is 17.4 Å². The Morgan fingerprint density at radius 1 is 1.14 bits per heavy atom. The van der Waals surface area contributed by atoms with Crippen LogP contribution in [0.25, 0.3) is 0 Å². The first-order valence-corrected chi connectivity index (χ1v) is 13.4. The average molecular weight is 515 g/mol. The number of fused-ring (bicyclic) bond motifs is 1. The number of aromatic nitrogens is 3. The molecule has 0 radical (unpaired) electrons. The first-order chi connectivity index (χ1) is 16.9. The lowest BCUT2D eigenvalue weighted by Crippen LogP contribution is -2.16. The molecule has 2 aromatic heterocycles. The Bertz CT molecular complexity index is 1230. The maximum Gasteiger partial charge on any atom is 0.341 e. The zero-order valence-corrected chi connectivity index (χ0v) is 22.1. The highest BCUT2D eigenvalue weighted by atomic mass is 32.2. The smallest absolute Gasteiger partial charge is 0.341 e. The minimum absolute atomic E-state index is 0.146. The molecule has 1 amide bonds. The highest BCUT2D eigenvalue weighted by molar-refractivity contribution is 7.99. The third-order valence-electron chi connectivity index (χ3n) is 6.17. The molecule has 1 aliphatic carbocycles. The van der Waals surface area contributed by atoms with Crippen molar-refractivity contribution in [3.05, 3.63) is 51.2 Å². The number of carbonyl (C=O) groups excluding carboxylic acids is 2. The third-order valence-corrected chi connectivity index (χ3v) is 8.39. The number of ether oxygens (including phenoxy) is 2. The topological polar surface area (TPSA) is 95.3 Å². The van der Waals surface area contributed by atoms with Gasteiger partial charge in [-0.05, 0) is 68.4 Å². The van der Waals surface area contributed by atoms with Crippen molar-refractivity contribution in [2.24, 2.45) is 7.05 Å². The first kappa shape index (κ1) is 25.2. The van der Waals surface area contributed by atoms with Gasteiger partial charge in [0.15, 0.2) is 11.0 Å². The molecule has 3 aromatic rings. The molecule has 1 aromatic carbocycles. The third kappa shape index (κ3) is 5.87. The Hall–Kier alpha value is -2.85. The molecule has 0 fully saturated rings. The van der Waals surface area contributed by atoms with E-state index < -0.39 is 5.97 Å². The van der Waals surface area contributed by atoms with E-state index in [9.17, 15) is 9.59 Å². The van der Waals surface area contributed by atoms with Crippen LogP contribution in [0, 0.1) is 13.8 Å². The zero-order valence-electron chi connectivity index (χ0n) is 20.5. The lowest BCUT2D eigenvalue weighted by molar-refractivity contribution is -0.113. The number of aryl methyl sites for hydroxylation is 3. The summed E-state index contributed by atoms with van der Waals surface area (Å²) in [6.07, 6.45) is 5.06. The number of thioether (sulfide) groups is 1.